The van der Waals surface area contributed by atoms with E-state index in [1.54, 1.807) is 4.68 Å². The summed E-state index contributed by atoms with van der Waals surface area (Å²) in [6, 6.07) is 0.755. The first-order valence-corrected chi connectivity index (χ1v) is 6.21. The average molecular weight is 252 g/mol. The molecule has 3 heterocycles. The topological polar surface area (TPSA) is 80.5 Å². The van der Waals surface area contributed by atoms with E-state index in [0.29, 0.717) is 6.04 Å². The van der Waals surface area contributed by atoms with Crippen molar-refractivity contribution in [1.82, 2.24) is 19.9 Å². The first kappa shape index (κ1) is 11.6. The Kier molecular flexibility index (Phi) is 3.00. The van der Waals surface area contributed by atoms with Crippen LogP contribution in [-0.2, 0) is 4.74 Å². The minimum absolute atomic E-state index is 0.00875. The molecule has 0 aromatic carbocycles. The lowest BCUT2D eigenvalue weighted by molar-refractivity contribution is -0.0292. The number of carboxylic acid groups (broad SMARTS) is 1. The van der Waals surface area contributed by atoms with Crippen molar-refractivity contribution in [3.63, 3.8) is 0 Å². The van der Waals surface area contributed by atoms with E-state index in [1.807, 2.05) is 0 Å². The molecule has 0 saturated carbocycles. The smallest absolute Gasteiger partial charge is 0.358 e. The molecule has 2 aliphatic heterocycles. The van der Waals surface area contributed by atoms with Crippen LogP contribution in [-0.4, -0.2) is 63.3 Å². The van der Waals surface area contributed by atoms with Gasteiger partial charge >= 0.3 is 5.97 Å². The summed E-state index contributed by atoms with van der Waals surface area (Å²) in [5.74, 6) is -1.03. The largest absolute Gasteiger partial charge is 0.476 e. The molecular weight excluding hydrogens is 236 g/mol. The number of ether oxygens (including phenoxy) is 1. The highest BCUT2D eigenvalue weighted by Crippen LogP contribution is 2.26. The zero-order valence-corrected chi connectivity index (χ0v) is 10.0. The Morgan fingerprint density at radius 2 is 2.28 bits per heavy atom. The SMILES string of the molecule is O=C(O)c1cn(C2CN(C3CCCOC3)C2)nn1. The summed E-state index contributed by atoms with van der Waals surface area (Å²) in [5, 5.41) is 16.3. The van der Waals surface area contributed by atoms with E-state index < -0.39 is 5.97 Å². The molecule has 18 heavy (non-hydrogen) atoms. The van der Waals surface area contributed by atoms with Gasteiger partial charge < -0.3 is 9.84 Å². The second-order valence-electron chi connectivity index (χ2n) is 4.87. The second kappa shape index (κ2) is 4.66. The van der Waals surface area contributed by atoms with E-state index >= 15 is 0 Å². The van der Waals surface area contributed by atoms with E-state index in [9.17, 15) is 4.79 Å². The van der Waals surface area contributed by atoms with Crippen molar-refractivity contribution in [1.29, 1.82) is 0 Å². The van der Waals surface area contributed by atoms with Crippen LogP contribution in [0.1, 0.15) is 29.4 Å². The van der Waals surface area contributed by atoms with Gasteiger partial charge in [0.05, 0.1) is 18.8 Å². The van der Waals surface area contributed by atoms with E-state index in [0.717, 1.165) is 32.7 Å². The van der Waals surface area contributed by atoms with Crippen LogP contribution < -0.4 is 0 Å². The van der Waals surface area contributed by atoms with Crippen molar-refractivity contribution in [3.05, 3.63) is 11.9 Å². The molecule has 3 rings (SSSR count). The highest BCUT2D eigenvalue weighted by atomic mass is 16.5. The second-order valence-corrected chi connectivity index (χ2v) is 4.87. The molecule has 1 aromatic heterocycles. The van der Waals surface area contributed by atoms with Crippen molar-refractivity contribution >= 4 is 5.97 Å². The summed E-state index contributed by atoms with van der Waals surface area (Å²) in [4.78, 5) is 13.1. The molecular formula is C11H16N4O3. The molecule has 1 unspecified atom stereocenters. The number of hydrogen-bond acceptors (Lipinski definition) is 5. The van der Waals surface area contributed by atoms with Crippen LogP contribution in [0, 0.1) is 0 Å². The molecule has 7 nitrogen and oxygen atoms in total. The summed E-state index contributed by atoms with van der Waals surface area (Å²) >= 11 is 0. The Morgan fingerprint density at radius 1 is 1.44 bits per heavy atom. The molecule has 1 N–H and O–H groups in total. The van der Waals surface area contributed by atoms with Gasteiger partial charge in [-0.05, 0) is 12.8 Å². The molecule has 2 saturated heterocycles. The zero-order chi connectivity index (χ0) is 12.5. The molecule has 0 spiro atoms. The van der Waals surface area contributed by atoms with Crippen LogP contribution in [0.4, 0.5) is 0 Å². The molecule has 7 heteroatoms. The van der Waals surface area contributed by atoms with Crippen molar-refractivity contribution in [2.75, 3.05) is 26.3 Å². The number of hydrogen-bond donors (Lipinski definition) is 1. The lowest BCUT2D eigenvalue weighted by Crippen LogP contribution is -2.55. The normalized spacial score (nSPS) is 25.9. The Labute approximate surface area is 104 Å². The van der Waals surface area contributed by atoms with Gasteiger partial charge in [-0.3, -0.25) is 4.90 Å². The Hall–Kier alpha value is -1.47. The minimum Gasteiger partial charge on any atom is -0.476 e. The molecule has 0 radical (unpaired) electrons. The number of carboxylic acids is 1. The van der Waals surface area contributed by atoms with Crippen molar-refractivity contribution in [2.45, 2.75) is 24.9 Å². The van der Waals surface area contributed by atoms with E-state index in [4.69, 9.17) is 9.84 Å². The van der Waals surface area contributed by atoms with Crippen molar-refractivity contribution in [3.8, 4) is 0 Å². The number of nitrogens with zero attached hydrogens (tertiary/aromatic N) is 4. The predicted molar refractivity (Wildman–Crippen MR) is 61.4 cm³/mol. The quantitative estimate of drug-likeness (QED) is 0.816. The van der Waals surface area contributed by atoms with E-state index in [1.165, 1.54) is 12.6 Å². The van der Waals surface area contributed by atoms with Crippen LogP contribution in [0.2, 0.25) is 0 Å². The highest BCUT2D eigenvalue weighted by Gasteiger charge is 2.35. The lowest BCUT2D eigenvalue weighted by Gasteiger charge is -2.45. The molecule has 0 bridgehead atoms. The number of carbonyl (C=O) groups is 1. The molecule has 98 valence electrons. The maximum absolute atomic E-state index is 10.7. The molecule has 1 atom stereocenters. The fraction of sp³-hybridized carbons (Fsp3) is 0.727. The monoisotopic (exact) mass is 252 g/mol. The van der Waals surface area contributed by atoms with Crippen LogP contribution in [0.5, 0.6) is 0 Å². The third-order valence-corrected chi connectivity index (χ3v) is 3.65. The fourth-order valence-electron chi connectivity index (χ4n) is 2.52. The summed E-state index contributed by atoms with van der Waals surface area (Å²) in [7, 11) is 0. The maximum atomic E-state index is 10.7. The van der Waals surface area contributed by atoms with Gasteiger partial charge in [-0.2, -0.15) is 0 Å². The summed E-state index contributed by atoms with van der Waals surface area (Å²) in [6.07, 6.45) is 3.81. The van der Waals surface area contributed by atoms with E-state index in [2.05, 4.69) is 15.2 Å². The van der Waals surface area contributed by atoms with Gasteiger partial charge in [0.25, 0.3) is 0 Å². The third kappa shape index (κ3) is 2.11. The summed E-state index contributed by atoms with van der Waals surface area (Å²) < 4.78 is 7.12. The highest BCUT2D eigenvalue weighted by molar-refractivity contribution is 5.84. The molecule has 0 aliphatic carbocycles. The van der Waals surface area contributed by atoms with Crippen LogP contribution in [0.15, 0.2) is 6.20 Å². The molecule has 2 fully saturated rings. The van der Waals surface area contributed by atoms with Gasteiger partial charge in [-0.25, -0.2) is 9.48 Å². The molecule has 2 aliphatic rings. The number of aromatic nitrogens is 3. The zero-order valence-electron chi connectivity index (χ0n) is 10.0. The van der Waals surface area contributed by atoms with Crippen molar-refractivity contribution in [2.24, 2.45) is 0 Å². The number of likely N-dealkylation sites (tertiary alicyclic amines) is 1. The maximum Gasteiger partial charge on any atom is 0.358 e. The molecule has 0 amide bonds. The Morgan fingerprint density at radius 3 is 2.89 bits per heavy atom. The summed E-state index contributed by atoms with van der Waals surface area (Å²) in [5.41, 5.74) is 0.00875. The van der Waals surface area contributed by atoms with Crippen LogP contribution in [0.25, 0.3) is 0 Å². The van der Waals surface area contributed by atoms with Gasteiger partial charge in [0.2, 0.25) is 0 Å². The number of rotatable bonds is 3. The molecule has 1 aromatic rings. The predicted octanol–water partition coefficient (Wildman–Crippen LogP) is 0.0120. The van der Waals surface area contributed by atoms with Crippen LogP contribution in [0.3, 0.4) is 0 Å². The van der Waals surface area contributed by atoms with Gasteiger partial charge in [0, 0.05) is 25.7 Å². The van der Waals surface area contributed by atoms with Crippen LogP contribution >= 0.6 is 0 Å². The van der Waals surface area contributed by atoms with Gasteiger partial charge in [-0.15, -0.1) is 5.10 Å². The van der Waals surface area contributed by atoms with Gasteiger partial charge in [-0.1, -0.05) is 5.21 Å². The van der Waals surface area contributed by atoms with E-state index in [-0.39, 0.29) is 11.7 Å². The average Bonchev–Trinajstić information content (AvgIpc) is 2.78. The minimum atomic E-state index is -1.03. The first-order chi connectivity index (χ1) is 8.74. The fourth-order valence-corrected chi connectivity index (χ4v) is 2.52. The van der Waals surface area contributed by atoms with Gasteiger partial charge in [0.1, 0.15) is 0 Å². The van der Waals surface area contributed by atoms with Crippen molar-refractivity contribution < 1.29 is 14.6 Å². The Bertz CT molecular complexity index is 435. The number of aromatic carboxylic acids is 1. The summed E-state index contributed by atoms with van der Waals surface area (Å²) in [6.45, 7) is 3.48. The third-order valence-electron chi connectivity index (χ3n) is 3.65. The Balaban J connectivity index is 1.56. The standard InChI is InChI=1S/C11H16N4O3/c16-11(17)10-6-15(13-12-10)9-4-14(5-9)8-2-1-3-18-7-8/h6,8-9H,1-5,7H2,(H,16,17). The lowest BCUT2D eigenvalue weighted by atomic mass is 10.0. The first-order valence-electron chi connectivity index (χ1n) is 6.21. The van der Waals surface area contributed by atoms with Gasteiger partial charge in [0.15, 0.2) is 5.69 Å².